The smallest absolute Gasteiger partial charge is 0.136 e. The number of carbonyl (C=O) groups excluding carboxylic acids is 1. The Labute approximate surface area is 86.6 Å². The van der Waals surface area contributed by atoms with Gasteiger partial charge in [-0.2, -0.15) is 0 Å². The summed E-state index contributed by atoms with van der Waals surface area (Å²) in [6.45, 7) is 6.83. The fraction of sp³-hybridized carbons (Fsp3) is 0.769. The van der Waals surface area contributed by atoms with Gasteiger partial charge >= 0.3 is 0 Å². The van der Waals surface area contributed by atoms with Crippen molar-refractivity contribution in [1.82, 2.24) is 0 Å². The molecule has 14 heavy (non-hydrogen) atoms. The topological polar surface area (TPSA) is 17.1 Å². The molecule has 1 saturated carbocycles. The molecule has 3 atom stereocenters. The summed E-state index contributed by atoms with van der Waals surface area (Å²) in [7, 11) is 0. The minimum atomic E-state index is 0.309. The number of hydrogen-bond donors (Lipinski definition) is 0. The Morgan fingerprint density at radius 1 is 1.43 bits per heavy atom. The van der Waals surface area contributed by atoms with Crippen LogP contribution in [0.2, 0.25) is 0 Å². The van der Waals surface area contributed by atoms with Gasteiger partial charge in [0.2, 0.25) is 0 Å². The zero-order valence-electron chi connectivity index (χ0n) is 9.42. The highest BCUT2D eigenvalue weighted by Crippen LogP contribution is 2.48. The van der Waals surface area contributed by atoms with E-state index in [1.54, 1.807) is 0 Å². The van der Waals surface area contributed by atoms with Crippen LogP contribution >= 0.6 is 0 Å². The summed E-state index contributed by atoms with van der Waals surface area (Å²) >= 11 is 0. The first-order valence-corrected chi connectivity index (χ1v) is 5.72. The molecule has 78 valence electrons. The zero-order chi connectivity index (χ0) is 10.3. The van der Waals surface area contributed by atoms with Crippen LogP contribution in [-0.4, -0.2) is 5.78 Å². The van der Waals surface area contributed by atoms with Gasteiger partial charge in [-0.3, -0.25) is 4.79 Å². The number of fused-ring (bicyclic) bond motifs is 1. The van der Waals surface area contributed by atoms with Crippen molar-refractivity contribution in [3.8, 4) is 0 Å². The maximum absolute atomic E-state index is 11.9. The van der Waals surface area contributed by atoms with Crippen LogP contribution in [-0.2, 0) is 4.79 Å². The average molecular weight is 192 g/mol. The molecule has 0 unspecified atom stereocenters. The molecule has 1 fully saturated rings. The van der Waals surface area contributed by atoms with Gasteiger partial charge in [0.25, 0.3) is 0 Å². The summed E-state index contributed by atoms with van der Waals surface area (Å²) in [5.74, 6) is 1.86. The molecule has 0 bridgehead atoms. The van der Waals surface area contributed by atoms with Crippen molar-refractivity contribution in [1.29, 1.82) is 0 Å². The second-order valence-corrected chi connectivity index (χ2v) is 5.61. The van der Waals surface area contributed by atoms with Crippen LogP contribution in [0.15, 0.2) is 12.2 Å². The van der Waals surface area contributed by atoms with Gasteiger partial charge in [-0.1, -0.05) is 32.9 Å². The summed E-state index contributed by atoms with van der Waals surface area (Å²) < 4.78 is 0. The molecule has 0 spiro atoms. The minimum absolute atomic E-state index is 0.309. The lowest BCUT2D eigenvalue weighted by molar-refractivity contribution is -0.133. The number of ketones is 1. The van der Waals surface area contributed by atoms with Gasteiger partial charge in [0.15, 0.2) is 0 Å². The van der Waals surface area contributed by atoms with E-state index >= 15 is 0 Å². The third-order valence-electron chi connectivity index (χ3n) is 4.22. The number of Topliss-reactive ketones (excluding diaryl/α,β-unsaturated/α-hetero) is 1. The van der Waals surface area contributed by atoms with E-state index in [9.17, 15) is 4.79 Å². The fourth-order valence-corrected chi connectivity index (χ4v) is 3.19. The van der Waals surface area contributed by atoms with Crippen molar-refractivity contribution >= 4 is 5.78 Å². The van der Waals surface area contributed by atoms with Gasteiger partial charge in [-0.05, 0) is 30.1 Å². The van der Waals surface area contributed by atoms with Crippen LogP contribution in [0.25, 0.3) is 0 Å². The van der Waals surface area contributed by atoms with E-state index in [0.29, 0.717) is 29.0 Å². The first kappa shape index (κ1) is 9.95. The van der Waals surface area contributed by atoms with E-state index in [-0.39, 0.29) is 0 Å². The van der Waals surface area contributed by atoms with Crippen LogP contribution < -0.4 is 0 Å². The van der Waals surface area contributed by atoms with Crippen molar-refractivity contribution in [2.75, 3.05) is 0 Å². The van der Waals surface area contributed by atoms with Crippen LogP contribution in [0.3, 0.4) is 0 Å². The minimum Gasteiger partial charge on any atom is -0.299 e. The lowest BCUT2D eigenvalue weighted by atomic mass is 9.57. The predicted molar refractivity (Wildman–Crippen MR) is 57.9 cm³/mol. The first-order chi connectivity index (χ1) is 6.52. The molecule has 0 aromatic rings. The normalized spacial score (nSPS) is 40.8. The number of hydrogen-bond acceptors (Lipinski definition) is 1. The fourth-order valence-electron chi connectivity index (χ4n) is 3.19. The Kier molecular flexibility index (Phi) is 2.29. The van der Waals surface area contributed by atoms with Gasteiger partial charge in [-0.25, -0.2) is 0 Å². The molecule has 1 nitrogen and oxygen atoms in total. The Morgan fingerprint density at radius 3 is 2.79 bits per heavy atom. The molecule has 0 heterocycles. The third-order valence-corrected chi connectivity index (χ3v) is 4.22. The molecule has 2 rings (SSSR count). The summed E-state index contributed by atoms with van der Waals surface area (Å²) in [6.07, 6.45) is 7.47. The van der Waals surface area contributed by atoms with Crippen molar-refractivity contribution in [3.05, 3.63) is 12.2 Å². The first-order valence-electron chi connectivity index (χ1n) is 5.72. The molecule has 0 aromatic carbocycles. The van der Waals surface area contributed by atoms with E-state index in [0.717, 1.165) is 19.3 Å². The summed E-state index contributed by atoms with van der Waals surface area (Å²) in [4.78, 5) is 11.9. The second kappa shape index (κ2) is 3.22. The van der Waals surface area contributed by atoms with E-state index in [1.165, 1.54) is 0 Å². The molecule has 0 radical (unpaired) electrons. The average Bonchev–Trinajstić information content (AvgIpc) is 2.12. The molecular weight excluding hydrogens is 172 g/mol. The Morgan fingerprint density at radius 2 is 2.14 bits per heavy atom. The maximum atomic E-state index is 11.9. The second-order valence-electron chi connectivity index (χ2n) is 5.61. The van der Waals surface area contributed by atoms with Crippen LogP contribution in [0, 0.1) is 23.2 Å². The van der Waals surface area contributed by atoms with Gasteiger partial charge in [0, 0.05) is 12.3 Å². The molecule has 2 aliphatic carbocycles. The lowest BCUT2D eigenvalue weighted by Gasteiger charge is -2.46. The van der Waals surface area contributed by atoms with E-state index in [1.807, 2.05) is 0 Å². The third kappa shape index (κ3) is 1.43. The van der Waals surface area contributed by atoms with Gasteiger partial charge < -0.3 is 0 Å². The zero-order valence-corrected chi connectivity index (χ0v) is 9.42. The van der Waals surface area contributed by atoms with Gasteiger partial charge in [0.05, 0.1) is 0 Å². The quantitative estimate of drug-likeness (QED) is 0.539. The Hall–Kier alpha value is -0.590. The number of carbonyl (C=O) groups is 1. The van der Waals surface area contributed by atoms with Crippen LogP contribution in [0.5, 0.6) is 0 Å². The summed E-state index contributed by atoms with van der Waals surface area (Å²) in [5.41, 5.74) is 0.359. The van der Waals surface area contributed by atoms with Crippen LogP contribution in [0.4, 0.5) is 0 Å². The monoisotopic (exact) mass is 192 g/mol. The maximum Gasteiger partial charge on any atom is 0.136 e. The summed E-state index contributed by atoms with van der Waals surface area (Å²) in [6, 6.07) is 0. The summed E-state index contributed by atoms with van der Waals surface area (Å²) in [5, 5.41) is 0. The van der Waals surface area contributed by atoms with Gasteiger partial charge in [0.1, 0.15) is 5.78 Å². The molecule has 0 saturated heterocycles. The van der Waals surface area contributed by atoms with Crippen molar-refractivity contribution in [2.24, 2.45) is 23.2 Å². The SMILES string of the molecule is C[C@@H]1C=CC[C@H]2[C@H]1C(=O)CCC2(C)C. The number of allylic oxidation sites excluding steroid dienone is 2. The van der Waals surface area contributed by atoms with E-state index in [4.69, 9.17) is 0 Å². The van der Waals surface area contributed by atoms with Crippen LogP contribution in [0.1, 0.15) is 40.0 Å². The molecule has 0 aliphatic heterocycles. The highest BCUT2D eigenvalue weighted by Gasteiger charge is 2.45. The largest absolute Gasteiger partial charge is 0.299 e. The van der Waals surface area contributed by atoms with Crippen molar-refractivity contribution < 1.29 is 4.79 Å². The Balaban J connectivity index is 2.31. The molecule has 0 amide bonds. The molecule has 1 heteroatoms. The Bertz CT molecular complexity index is 275. The van der Waals surface area contributed by atoms with Crippen molar-refractivity contribution in [2.45, 2.75) is 40.0 Å². The highest BCUT2D eigenvalue weighted by atomic mass is 16.1. The molecule has 2 aliphatic rings. The van der Waals surface area contributed by atoms with E-state index in [2.05, 4.69) is 32.9 Å². The molecule has 0 N–H and O–H groups in total. The molecular formula is C13H20O. The predicted octanol–water partition coefficient (Wildman–Crippen LogP) is 3.20. The standard InChI is InChI=1S/C13H20O/c1-9-5-4-6-10-12(9)11(14)7-8-13(10,2)3/h4-5,9-10,12H,6-8H2,1-3H3/t9-,10+,12+/m1/s1. The number of rotatable bonds is 0. The highest BCUT2D eigenvalue weighted by molar-refractivity contribution is 5.83. The lowest BCUT2D eigenvalue weighted by Crippen LogP contribution is -2.44. The molecule has 0 aromatic heterocycles. The van der Waals surface area contributed by atoms with E-state index < -0.39 is 0 Å². The van der Waals surface area contributed by atoms with Crippen molar-refractivity contribution in [3.63, 3.8) is 0 Å². The van der Waals surface area contributed by atoms with Gasteiger partial charge in [-0.15, -0.1) is 0 Å².